The van der Waals surface area contributed by atoms with Gasteiger partial charge in [-0.3, -0.25) is 0 Å². The van der Waals surface area contributed by atoms with E-state index in [0.717, 1.165) is 11.4 Å². The summed E-state index contributed by atoms with van der Waals surface area (Å²) in [5.41, 5.74) is 7.23. The van der Waals surface area contributed by atoms with E-state index in [1.165, 1.54) is 6.33 Å². The lowest BCUT2D eigenvalue weighted by molar-refractivity contribution is 0.374. The third kappa shape index (κ3) is 3.72. The molecule has 1 aromatic heterocycles. The van der Waals surface area contributed by atoms with Crippen LogP contribution in [0.1, 0.15) is 0 Å². The van der Waals surface area contributed by atoms with Crippen LogP contribution in [0.25, 0.3) is 0 Å². The second kappa shape index (κ2) is 7.39. The zero-order valence-corrected chi connectivity index (χ0v) is 13.9. The van der Waals surface area contributed by atoms with Gasteiger partial charge in [0, 0.05) is 11.8 Å². The minimum atomic E-state index is 0.241. The summed E-state index contributed by atoms with van der Waals surface area (Å²) >= 11 is 0. The molecule has 3 rings (SSSR count). The van der Waals surface area contributed by atoms with Gasteiger partial charge in [0.15, 0.2) is 17.3 Å². The van der Waals surface area contributed by atoms with Crippen molar-refractivity contribution in [3.63, 3.8) is 0 Å². The number of aromatic nitrogens is 2. The number of hydrogen-bond acceptors (Lipinski definition) is 7. The molecule has 0 bridgehead atoms. The van der Waals surface area contributed by atoms with E-state index >= 15 is 0 Å². The summed E-state index contributed by atoms with van der Waals surface area (Å²) < 4.78 is 16.3. The first kappa shape index (κ1) is 16.4. The molecule has 0 aliphatic heterocycles. The van der Waals surface area contributed by atoms with Crippen LogP contribution in [0.5, 0.6) is 23.1 Å². The van der Waals surface area contributed by atoms with Gasteiger partial charge in [-0.15, -0.1) is 0 Å². The number of ether oxygens (including phenoxy) is 3. The number of benzene rings is 2. The fourth-order valence-electron chi connectivity index (χ4n) is 2.21. The summed E-state index contributed by atoms with van der Waals surface area (Å²) in [5.74, 6) is 2.51. The molecule has 7 heteroatoms. The van der Waals surface area contributed by atoms with Crippen molar-refractivity contribution >= 4 is 17.2 Å². The Morgan fingerprint density at radius 2 is 1.72 bits per heavy atom. The van der Waals surface area contributed by atoms with E-state index < -0.39 is 0 Å². The molecule has 1 heterocycles. The Labute approximate surface area is 145 Å². The smallest absolute Gasteiger partial charge is 0.248 e. The highest BCUT2D eigenvalue weighted by Gasteiger charge is 2.13. The molecule has 3 aromatic rings. The van der Waals surface area contributed by atoms with Crippen molar-refractivity contribution in [3.8, 4) is 23.1 Å². The molecule has 0 unspecified atom stereocenters. The van der Waals surface area contributed by atoms with Gasteiger partial charge in [-0.2, -0.15) is 4.98 Å². The number of nitrogens with zero attached hydrogens (tertiary/aromatic N) is 2. The van der Waals surface area contributed by atoms with Crippen LogP contribution in [0.4, 0.5) is 17.2 Å². The minimum absolute atomic E-state index is 0.241. The fourth-order valence-corrected chi connectivity index (χ4v) is 2.21. The highest BCUT2D eigenvalue weighted by Crippen LogP contribution is 2.35. The van der Waals surface area contributed by atoms with Gasteiger partial charge < -0.3 is 25.3 Å². The first-order chi connectivity index (χ1) is 12.2. The maximum atomic E-state index is 6.16. The van der Waals surface area contributed by atoms with Gasteiger partial charge in [0.25, 0.3) is 0 Å². The van der Waals surface area contributed by atoms with Crippen LogP contribution in [0, 0.1) is 0 Å². The van der Waals surface area contributed by atoms with E-state index in [9.17, 15) is 0 Å². The van der Waals surface area contributed by atoms with Gasteiger partial charge in [-0.1, -0.05) is 18.2 Å². The van der Waals surface area contributed by atoms with E-state index in [2.05, 4.69) is 15.3 Å². The molecule has 0 spiro atoms. The number of methoxy groups -OCH3 is 2. The lowest BCUT2D eigenvalue weighted by Gasteiger charge is -2.13. The summed E-state index contributed by atoms with van der Waals surface area (Å²) in [6, 6.07) is 14.7. The van der Waals surface area contributed by atoms with Crippen LogP contribution in [0.15, 0.2) is 54.9 Å². The van der Waals surface area contributed by atoms with Crippen LogP contribution in [-0.2, 0) is 0 Å². The lowest BCUT2D eigenvalue weighted by atomic mass is 10.3. The quantitative estimate of drug-likeness (QED) is 0.709. The Balaban J connectivity index is 1.87. The van der Waals surface area contributed by atoms with Crippen molar-refractivity contribution in [1.82, 2.24) is 9.97 Å². The molecule has 0 saturated heterocycles. The Kier molecular flexibility index (Phi) is 4.84. The molecule has 3 N–H and O–H groups in total. The Hall–Kier alpha value is -3.48. The summed E-state index contributed by atoms with van der Waals surface area (Å²) in [5, 5.41) is 3.13. The maximum Gasteiger partial charge on any atom is 0.248 e. The molecule has 7 nitrogen and oxygen atoms in total. The molecular weight excluding hydrogens is 320 g/mol. The van der Waals surface area contributed by atoms with Gasteiger partial charge in [0.1, 0.15) is 17.8 Å². The first-order valence-electron chi connectivity index (χ1n) is 7.53. The summed E-state index contributed by atoms with van der Waals surface area (Å²) in [6.07, 6.45) is 1.38. The zero-order chi connectivity index (χ0) is 17.6. The minimum Gasteiger partial charge on any atom is -0.497 e. The number of nitrogens with two attached hydrogens (primary N) is 1. The molecule has 25 heavy (non-hydrogen) atoms. The Morgan fingerprint density at radius 3 is 2.48 bits per heavy atom. The zero-order valence-electron chi connectivity index (χ0n) is 13.9. The molecule has 0 fully saturated rings. The number of rotatable bonds is 6. The van der Waals surface area contributed by atoms with Crippen LogP contribution >= 0.6 is 0 Å². The molecule has 0 saturated carbocycles. The van der Waals surface area contributed by atoms with E-state index in [1.54, 1.807) is 26.4 Å². The lowest BCUT2D eigenvalue weighted by Crippen LogP contribution is -2.03. The van der Waals surface area contributed by atoms with Gasteiger partial charge >= 0.3 is 0 Å². The predicted octanol–water partition coefficient (Wildman–Crippen LogP) is 3.61. The number of nitrogen functional groups attached to an aromatic ring is 1. The Morgan fingerprint density at radius 1 is 0.920 bits per heavy atom. The summed E-state index contributed by atoms with van der Waals surface area (Å²) in [7, 11) is 3.18. The number of hydrogen-bond donors (Lipinski definition) is 2. The third-order valence-electron chi connectivity index (χ3n) is 3.46. The van der Waals surface area contributed by atoms with E-state index in [0.29, 0.717) is 17.3 Å². The van der Waals surface area contributed by atoms with E-state index in [4.69, 9.17) is 19.9 Å². The van der Waals surface area contributed by atoms with E-state index in [1.807, 2.05) is 36.4 Å². The molecule has 128 valence electrons. The first-order valence-corrected chi connectivity index (χ1v) is 7.53. The standard InChI is InChI=1S/C18H18N4O3/c1-23-13-7-5-6-12(10-13)22-17-16(19)18(21-11-20-17)25-15-9-4-3-8-14(15)24-2/h3-11H,19H2,1-2H3,(H,20,21,22). The highest BCUT2D eigenvalue weighted by molar-refractivity contribution is 5.73. The van der Waals surface area contributed by atoms with E-state index in [-0.39, 0.29) is 11.6 Å². The molecule has 2 aromatic carbocycles. The van der Waals surface area contributed by atoms with Crippen molar-refractivity contribution < 1.29 is 14.2 Å². The highest BCUT2D eigenvalue weighted by atomic mass is 16.5. The summed E-state index contributed by atoms with van der Waals surface area (Å²) in [6.45, 7) is 0. The van der Waals surface area contributed by atoms with Gasteiger partial charge in [0.2, 0.25) is 5.88 Å². The molecule has 0 amide bonds. The second-order valence-corrected chi connectivity index (χ2v) is 5.05. The number of para-hydroxylation sites is 2. The predicted molar refractivity (Wildman–Crippen MR) is 95.8 cm³/mol. The monoisotopic (exact) mass is 338 g/mol. The average molecular weight is 338 g/mol. The topological polar surface area (TPSA) is 91.5 Å². The average Bonchev–Trinajstić information content (AvgIpc) is 2.65. The van der Waals surface area contributed by atoms with Crippen molar-refractivity contribution in [2.75, 3.05) is 25.3 Å². The Bertz CT molecular complexity index is 870. The number of nitrogens with one attached hydrogen (secondary N) is 1. The van der Waals surface area contributed by atoms with Crippen LogP contribution < -0.4 is 25.3 Å². The maximum absolute atomic E-state index is 6.16. The normalized spacial score (nSPS) is 10.2. The largest absolute Gasteiger partial charge is 0.497 e. The van der Waals surface area contributed by atoms with Crippen molar-refractivity contribution in [2.24, 2.45) is 0 Å². The van der Waals surface area contributed by atoms with Crippen molar-refractivity contribution in [2.45, 2.75) is 0 Å². The second-order valence-electron chi connectivity index (χ2n) is 5.05. The van der Waals surface area contributed by atoms with Crippen LogP contribution in [-0.4, -0.2) is 24.2 Å². The molecular formula is C18H18N4O3. The number of anilines is 3. The SMILES string of the molecule is COc1cccc(Nc2ncnc(Oc3ccccc3OC)c2N)c1. The molecule has 0 radical (unpaired) electrons. The van der Waals surface area contributed by atoms with Crippen molar-refractivity contribution in [1.29, 1.82) is 0 Å². The van der Waals surface area contributed by atoms with Gasteiger partial charge in [0.05, 0.1) is 14.2 Å². The van der Waals surface area contributed by atoms with Crippen LogP contribution in [0.3, 0.4) is 0 Å². The molecule has 0 aliphatic rings. The van der Waals surface area contributed by atoms with Gasteiger partial charge in [-0.25, -0.2) is 4.98 Å². The van der Waals surface area contributed by atoms with Gasteiger partial charge in [-0.05, 0) is 24.3 Å². The van der Waals surface area contributed by atoms with Crippen molar-refractivity contribution in [3.05, 3.63) is 54.9 Å². The molecule has 0 atom stereocenters. The third-order valence-corrected chi connectivity index (χ3v) is 3.46. The fraction of sp³-hybridized carbons (Fsp3) is 0.111. The summed E-state index contributed by atoms with van der Waals surface area (Å²) in [4.78, 5) is 8.28. The molecule has 0 aliphatic carbocycles. The van der Waals surface area contributed by atoms with Crippen LogP contribution in [0.2, 0.25) is 0 Å².